The highest BCUT2D eigenvalue weighted by molar-refractivity contribution is 5.80. The van der Waals surface area contributed by atoms with Crippen molar-refractivity contribution in [3.8, 4) is 11.5 Å². The zero-order chi connectivity index (χ0) is 15.0. The third kappa shape index (κ3) is 4.97. The molecule has 0 bridgehead atoms. The number of carbonyl (C=O) groups excluding carboxylic acids is 1. The average molecular weight is 282 g/mol. The molecule has 1 rings (SSSR count). The van der Waals surface area contributed by atoms with E-state index in [1.807, 2.05) is 0 Å². The standard InChI is InChI=1S/C14H22N2O4/c1-10(14(17)16-7-4-8-18-2)20-12-6-5-11(15)9-13(12)19-3/h5-6,9-10H,4,7-8,15H2,1-3H3,(H,16,17). The Morgan fingerprint density at radius 3 is 2.75 bits per heavy atom. The van der Waals surface area contributed by atoms with Crippen molar-refractivity contribution in [2.75, 3.05) is 33.1 Å². The van der Waals surface area contributed by atoms with Crippen LogP contribution in [0, 0.1) is 0 Å². The van der Waals surface area contributed by atoms with E-state index in [0.717, 1.165) is 6.42 Å². The number of methoxy groups -OCH3 is 2. The van der Waals surface area contributed by atoms with E-state index in [0.29, 0.717) is 30.3 Å². The van der Waals surface area contributed by atoms with E-state index in [2.05, 4.69) is 5.32 Å². The van der Waals surface area contributed by atoms with Crippen LogP contribution in [0.2, 0.25) is 0 Å². The summed E-state index contributed by atoms with van der Waals surface area (Å²) >= 11 is 0. The number of anilines is 1. The van der Waals surface area contributed by atoms with Crippen LogP contribution in [0.5, 0.6) is 11.5 Å². The molecular weight excluding hydrogens is 260 g/mol. The van der Waals surface area contributed by atoms with Crippen LogP contribution in [0.25, 0.3) is 0 Å². The lowest BCUT2D eigenvalue weighted by atomic mass is 10.2. The first kappa shape index (κ1) is 16.1. The summed E-state index contributed by atoms with van der Waals surface area (Å²) in [7, 11) is 3.15. The summed E-state index contributed by atoms with van der Waals surface area (Å²) < 4.78 is 15.7. The molecule has 6 nitrogen and oxygen atoms in total. The number of nitrogens with two attached hydrogens (primary N) is 1. The fraction of sp³-hybridized carbons (Fsp3) is 0.500. The van der Waals surface area contributed by atoms with E-state index in [1.165, 1.54) is 7.11 Å². The van der Waals surface area contributed by atoms with Gasteiger partial charge in [0.25, 0.3) is 5.91 Å². The maximum atomic E-state index is 11.8. The number of ether oxygens (including phenoxy) is 3. The van der Waals surface area contributed by atoms with Crippen molar-refractivity contribution < 1.29 is 19.0 Å². The van der Waals surface area contributed by atoms with Crippen LogP contribution in [0.3, 0.4) is 0 Å². The molecule has 0 fully saturated rings. The van der Waals surface area contributed by atoms with Crippen LogP contribution in [-0.2, 0) is 9.53 Å². The van der Waals surface area contributed by atoms with Gasteiger partial charge in [-0.2, -0.15) is 0 Å². The van der Waals surface area contributed by atoms with Crippen molar-refractivity contribution in [3.63, 3.8) is 0 Å². The minimum atomic E-state index is -0.616. The topological polar surface area (TPSA) is 82.8 Å². The Balaban J connectivity index is 2.52. The van der Waals surface area contributed by atoms with Gasteiger partial charge in [0.2, 0.25) is 0 Å². The first-order chi connectivity index (χ1) is 9.58. The number of nitrogen functional groups attached to an aromatic ring is 1. The minimum absolute atomic E-state index is 0.181. The number of benzene rings is 1. The van der Waals surface area contributed by atoms with E-state index >= 15 is 0 Å². The van der Waals surface area contributed by atoms with Crippen LogP contribution in [0.1, 0.15) is 13.3 Å². The van der Waals surface area contributed by atoms with E-state index < -0.39 is 6.10 Å². The van der Waals surface area contributed by atoms with Gasteiger partial charge in [-0.1, -0.05) is 0 Å². The second kappa shape index (κ2) is 8.27. The van der Waals surface area contributed by atoms with Gasteiger partial charge in [0.1, 0.15) is 0 Å². The number of hydrogen-bond donors (Lipinski definition) is 2. The van der Waals surface area contributed by atoms with Crippen LogP contribution in [-0.4, -0.2) is 39.4 Å². The summed E-state index contributed by atoms with van der Waals surface area (Å²) in [5, 5.41) is 2.78. The molecule has 0 aliphatic heterocycles. The fourth-order valence-corrected chi connectivity index (χ4v) is 1.60. The van der Waals surface area contributed by atoms with Gasteiger partial charge >= 0.3 is 0 Å². The van der Waals surface area contributed by atoms with Gasteiger partial charge in [-0.05, 0) is 25.5 Å². The molecule has 0 saturated carbocycles. The number of rotatable bonds is 8. The molecule has 1 aromatic carbocycles. The van der Waals surface area contributed by atoms with Gasteiger partial charge in [0, 0.05) is 32.0 Å². The highest BCUT2D eigenvalue weighted by atomic mass is 16.5. The second-order valence-electron chi connectivity index (χ2n) is 4.31. The molecular formula is C14H22N2O4. The smallest absolute Gasteiger partial charge is 0.260 e. The van der Waals surface area contributed by atoms with Gasteiger partial charge in [0.15, 0.2) is 17.6 Å². The maximum absolute atomic E-state index is 11.8. The second-order valence-corrected chi connectivity index (χ2v) is 4.31. The summed E-state index contributed by atoms with van der Waals surface area (Å²) in [6.45, 7) is 2.85. The van der Waals surface area contributed by atoms with Gasteiger partial charge in [-0.3, -0.25) is 4.79 Å². The Labute approximate surface area is 119 Å². The molecule has 0 aliphatic carbocycles. The zero-order valence-electron chi connectivity index (χ0n) is 12.1. The maximum Gasteiger partial charge on any atom is 0.260 e. The summed E-state index contributed by atoms with van der Waals surface area (Å²) in [6.07, 6.45) is 0.148. The Kier molecular flexibility index (Phi) is 6.66. The summed E-state index contributed by atoms with van der Waals surface area (Å²) in [5.74, 6) is 0.810. The summed E-state index contributed by atoms with van der Waals surface area (Å²) in [4.78, 5) is 11.8. The molecule has 3 N–H and O–H groups in total. The van der Waals surface area contributed by atoms with Crippen LogP contribution in [0.15, 0.2) is 18.2 Å². The third-order valence-corrected chi connectivity index (χ3v) is 2.69. The van der Waals surface area contributed by atoms with E-state index in [4.69, 9.17) is 19.9 Å². The van der Waals surface area contributed by atoms with Crippen LogP contribution in [0.4, 0.5) is 5.69 Å². The number of carbonyl (C=O) groups is 1. The zero-order valence-corrected chi connectivity index (χ0v) is 12.1. The lowest BCUT2D eigenvalue weighted by Gasteiger charge is -2.17. The van der Waals surface area contributed by atoms with Gasteiger partial charge in [-0.25, -0.2) is 0 Å². The molecule has 1 aromatic rings. The SMILES string of the molecule is COCCCNC(=O)C(C)Oc1ccc(N)cc1OC. The molecule has 0 aromatic heterocycles. The predicted octanol–water partition coefficient (Wildman–Crippen LogP) is 1.20. The molecule has 0 radical (unpaired) electrons. The van der Waals surface area contributed by atoms with Crippen molar-refractivity contribution in [3.05, 3.63) is 18.2 Å². The lowest BCUT2D eigenvalue weighted by Crippen LogP contribution is -2.37. The molecule has 112 valence electrons. The van der Waals surface area contributed by atoms with E-state index in [1.54, 1.807) is 32.2 Å². The number of amides is 1. The Morgan fingerprint density at radius 1 is 1.35 bits per heavy atom. The largest absolute Gasteiger partial charge is 0.493 e. The van der Waals surface area contributed by atoms with Gasteiger partial charge in [-0.15, -0.1) is 0 Å². The Bertz CT molecular complexity index is 437. The third-order valence-electron chi connectivity index (χ3n) is 2.69. The molecule has 0 spiro atoms. The molecule has 0 aliphatic rings. The Morgan fingerprint density at radius 2 is 2.10 bits per heavy atom. The summed E-state index contributed by atoms with van der Waals surface area (Å²) in [6, 6.07) is 5.03. The van der Waals surface area contributed by atoms with Crippen molar-refractivity contribution in [1.29, 1.82) is 0 Å². The minimum Gasteiger partial charge on any atom is -0.493 e. The number of hydrogen-bond acceptors (Lipinski definition) is 5. The molecule has 1 unspecified atom stereocenters. The predicted molar refractivity (Wildman–Crippen MR) is 77.0 cm³/mol. The molecule has 0 heterocycles. The first-order valence-electron chi connectivity index (χ1n) is 6.45. The number of nitrogens with one attached hydrogen (secondary N) is 1. The Hall–Kier alpha value is -1.95. The fourth-order valence-electron chi connectivity index (χ4n) is 1.60. The molecule has 6 heteroatoms. The summed E-state index contributed by atoms with van der Waals surface area (Å²) in [5.41, 5.74) is 6.24. The van der Waals surface area contributed by atoms with Crippen molar-refractivity contribution in [1.82, 2.24) is 5.32 Å². The van der Waals surface area contributed by atoms with Crippen molar-refractivity contribution >= 4 is 11.6 Å². The van der Waals surface area contributed by atoms with E-state index in [9.17, 15) is 4.79 Å². The first-order valence-corrected chi connectivity index (χ1v) is 6.45. The van der Waals surface area contributed by atoms with Crippen molar-refractivity contribution in [2.45, 2.75) is 19.4 Å². The monoisotopic (exact) mass is 282 g/mol. The van der Waals surface area contributed by atoms with Gasteiger partial charge in [0.05, 0.1) is 7.11 Å². The van der Waals surface area contributed by atoms with Gasteiger partial charge < -0.3 is 25.3 Å². The van der Waals surface area contributed by atoms with Crippen LogP contribution < -0.4 is 20.5 Å². The highest BCUT2D eigenvalue weighted by Gasteiger charge is 2.16. The van der Waals surface area contributed by atoms with Crippen LogP contribution >= 0.6 is 0 Å². The normalized spacial score (nSPS) is 11.8. The van der Waals surface area contributed by atoms with Crippen molar-refractivity contribution in [2.24, 2.45) is 0 Å². The molecule has 20 heavy (non-hydrogen) atoms. The quantitative estimate of drug-likeness (QED) is 0.553. The van der Waals surface area contributed by atoms with E-state index in [-0.39, 0.29) is 5.91 Å². The molecule has 1 amide bonds. The average Bonchev–Trinajstić information content (AvgIpc) is 2.45. The molecule has 0 saturated heterocycles. The highest BCUT2D eigenvalue weighted by Crippen LogP contribution is 2.29. The lowest BCUT2D eigenvalue weighted by molar-refractivity contribution is -0.127. The molecule has 1 atom stereocenters.